The monoisotopic (exact) mass is 558 g/mol. The van der Waals surface area contributed by atoms with Crippen LogP contribution in [0.15, 0.2) is 58.7 Å². The zero-order valence-corrected chi connectivity index (χ0v) is 26.7. The molecule has 0 amide bonds. The second kappa shape index (κ2) is 22.8. The normalized spacial score (nSPS) is 19.9. The number of esters is 1. The van der Waals surface area contributed by atoms with Gasteiger partial charge in [-0.05, 0) is 63.4 Å². The molecule has 0 atom stereocenters. The fraction of sp³-hybridized carbons (Fsp3) is 0.711. The highest BCUT2D eigenvalue weighted by atomic mass is 16.5. The van der Waals surface area contributed by atoms with Crippen LogP contribution in [0.1, 0.15) is 170 Å². The van der Waals surface area contributed by atoms with Crippen LogP contribution in [0.5, 0.6) is 0 Å². The average molecular weight is 558 g/mol. The summed E-state index contributed by atoms with van der Waals surface area (Å²) in [7, 11) is 0. The van der Waals surface area contributed by atoms with Gasteiger partial charge in [-0.15, -0.1) is 0 Å². The minimum Gasteiger partial charge on any atom is -0.461 e. The first-order valence-corrected chi connectivity index (χ1v) is 16.3. The molecule has 0 spiro atoms. The largest absolute Gasteiger partial charge is 0.461 e. The first-order valence-electron chi connectivity index (χ1n) is 18.8. The second-order valence-corrected chi connectivity index (χ2v) is 12.3. The molecule has 0 radical (unpaired) electrons. The van der Waals surface area contributed by atoms with Crippen molar-refractivity contribution >= 4 is 5.97 Å². The van der Waals surface area contributed by atoms with Gasteiger partial charge in [-0.3, -0.25) is 4.79 Å². The average Bonchev–Trinajstić information content (AvgIpc) is 2.95. The Labute approximate surface area is 256 Å². The minimum atomic E-state index is -2.48. The minimum absolute atomic E-state index is 0.0706. The number of hydrogen-bond acceptors (Lipinski definition) is 2. The van der Waals surface area contributed by atoms with Crippen molar-refractivity contribution < 1.29 is 16.4 Å². The number of carbonyl (C=O) groups excluding carboxylic acids is 1. The topological polar surface area (TPSA) is 26.3 Å². The molecule has 1 aliphatic rings. The first kappa shape index (κ1) is 28.3. The fourth-order valence-corrected chi connectivity index (χ4v) is 5.05. The summed E-state index contributed by atoms with van der Waals surface area (Å²) in [5, 5.41) is 0. The molecule has 0 bridgehead atoms. The van der Waals surface area contributed by atoms with Crippen LogP contribution < -0.4 is 0 Å². The summed E-state index contributed by atoms with van der Waals surface area (Å²) in [5.74, 6) is -0.139. The van der Waals surface area contributed by atoms with Crippen LogP contribution in [-0.2, 0) is 9.53 Å². The van der Waals surface area contributed by atoms with Crippen LogP contribution in [0.2, 0.25) is 0 Å². The van der Waals surface area contributed by atoms with E-state index in [0.29, 0.717) is 18.4 Å². The lowest BCUT2D eigenvalue weighted by atomic mass is 9.72. The molecule has 1 rings (SSSR count). The quantitative estimate of drug-likeness (QED) is 0.0751. The number of rotatable bonds is 22. The lowest BCUT2D eigenvalue weighted by molar-refractivity contribution is -0.142. The van der Waals surface area contributed by atoms with Crippen molar-refractivity contribution in [1.82, 2.24) is 0 Å². The Kier molecular flexibility index (Phi) is 16.1. The molecule has 0 unspecified atom stereocenters. The van der Waals surface area contributed by atoms with Gasteiger partial charge < -0.3 is 4.74 Å². The molecule has 0 aromatic rings. The van der Waals surface area contributed by atoms with E-state index in [1.807, 2.05) is 58.1 Å². The van der Waals surface area contributed by atoms with E-state index in [1.54, 1.807) is 6.08 Å². The fourth-order valence-electron chi connectivity index (χ4n) is 5.05. The summed E-state index contributed by atoms with van der Waals surface area (Å²) in [6.45, 7) is 7.90. The highest BCUT2D eigenvalue weighted by Gasteiger charge is 2.26. The van der Waals surface area contributed by atoms with Gasteiger partial charge in [0.25, 0.3) is 0 Å². The summed E-state index contributed by atoms with van der Waals surface area (Å²) >= 11 is 0. The maximum atomic E-state index is 12.1. The molecule has 0 saturated heterocycles. The molecular weight excluding hydrogens is 488 g/mol. The van der Waals surface area contributed by atoms with Gasteiger partial charge in [0, 0.05) is 13.3 Å². The van der Waals surface area contributed by atoms with Crippen molar-refractivity contribution in [3.05, 3.63) is 58.7 Å². The molecule has 40 heavy (non-hydrogen) atoms. The summed E-state index contributed by atoms with van der Waals surface area (Å²) in [6, 6.07) is 0. The van der Waals surface area contributed by atoms with E-state index in [2.05, 4.69) is 6.92 Å². The Hall–Kier alpha value is -1.83. The third kappa shape index (κ3) is 18.5. The number of hydrogen-bond donors (Lipinski definition) is 0. The number of ether oxygens (including phenoxy) is 1. The van der Waals surface area contributed by atoms with E-state index in [0.717, 1.165) is 24.0 Å². The van der Waals surface area contributed by atoms with Crippen molar-refractivity contribution in [3.63, 3.8) is 0 Å². The molecule has 0 saturated carbocycles. The molecule has 0 fully saturated rings. The van der Waals surface area contributed by atoms with Gasteiger partial charge in [-0.25, -0.2) is 0 Å². The molecule has 0 aromatic heterocycles. The number of allylic oxidation sites excluding steroid dienone is 9. The highest BCUT2D eigenvalue weighted by Crippen LogP contribution is 2.40. The Balaban J connectivity index is 2.30. The molecule has 2 nitrogen and oxygen atoms in total. The van der Waals surface area contributed by atoms with Crippen LogP contribution in [-0.4, -0.2) is 12.6 Å². The van der Waals surface area contributed by atoms with Crippen molar-refractivity contribution in [2.24, 2.45) is 5.41 Å². The van der Waals surface area contributed by atoms with E-state index >= 15 is 0 Å². The SMILES string of the molecule is [2H]C([2H])([2H])C1=C(/C=C/C(C)=C\C=C\C(C)=C\COC(=O)CCCCCCCCCCCCCCCCC)C(C)(C)CCC1([2H])[2H]. The van der Waals surface area contributed by atoms with Gasteiger partial charge in [-0.2, -0.15) is 0 Å². The zero-order valence-electron chi connectivity index (χ0n) is 31.7. The summed E-state index contributed by atoms with van der Waals surface area (Å²) in [5.41, 5.74) is 1.99. The Morgan fingerprint density at radius 3 is 2.02 bits per heavy atom. The van der Waals surface area contributed by atoms with E-state index in [-0.39, 0.29) is 24.6 Å². The maximum Gasteiger partial charge on any atom is 0.306 e. The predicted molar refractivity (Wildman–Crippen MR) is 177 cm³/mol. The number of unbranched alkanes of at least 4 members (excludes halogenated alkanes) is 14. The summed E-state index contributed by atoms with van der Waals surface area (Å²) in [6.07, 6.45) is 30.3. The Morgan fingerprint density at radius 2 is 1.45 bits per heavy atom. The van der Waals surface area contributed by atoms with Crippen LogP contribution in [0, 0.1) is 5.41 Å². The van der Waals surface area contributed by atoms with E-state index < -0.39 is 18.6 Å². The van der Waals surface area contributed by atoms with E-state index in [9.17, 15) is 4.79 Å². The van der Waals surface area contributed by atoms with Crippen LogP contribution >= 0.6 is 0 Å². The molecule has 0 N–H and O–H groups in total. The van der Waals surface area contributed by atoms with Gasteiger partial charge in [0.1, 0.15) is 6.61 Å². The maximum absolute atomic E-state index is 12.1. The Morgan fingerprint density at radius 1 is 0.875 bits per heavy atom. The van der Waals surface area contributed by atoms with Crippen LogP contribution in [0.4, 0.5) is 0 Å². The lowest BCUT2D eigenvalue weighted by Gasteiger charge is -2.32. The van der Waals surface area contributed by atoms with E-state index in [4.69, 9.17) is 11.6 Å². The zero-order chi connectivity index (χ0) is 33.8. The standard InChI is InChI=1S/C38H64O2/c1-7-8-9-10-11-12-13-14-15-16-17-18-19-20-21-27-37(39)40-32-30-34(3)25-22-24-33(2)28-29-36-35(4)26-23-31-38(36,5)6/h22,24-25,28-30H,7-21,23,26-27,31-32H2,1-6H3/b25-22+,29-28+,33-24-,34-30+/i4D3,26D2. The number of carbonyl (C=O) groups is 1. The van der Waals surface area contributed by atoms with Gasteiger partial charge >= 0.3 is 5.97 Å². The molecule has 0 heterocycles. The second-order valence-electron chi connectivity index (χ2n) is 12.3. The van der Waals surface area contributed by atoms with Crippen LogP contribution in [0.25, 0.3) is 0 Å². The summed E-state index contributed by atoms with van der Waals surface area (Å²) in [4.78, 5) is 12.1. The van der Waals surface area contributed by atoms with Gasteiger partial charge in [0.2, 0.25) is 0 Å². The third-order valence-electron chi connectivity index (χ3n) is 7.92. The molecule has 228 valence electrons. The van der Waals surface area contributed by atoms with Gasteiger partial charge in [0.15, 0.2) is 0 Å². The first-order chi connectivity index (χ1) is 21.2. The van der Waals surface area contributed by atoms with Crippen molar-refractivity contribution in [2.75, 3.05) is 6.61 Å². The van der Waals surface area contributed by atoms with Crippen molar-refractivity contribution in [1.29, 1.82) is 0 Å². The van der Waals surface area contributed by atoms with Crippen LogP contribution in [0.3, 0.4) is 0 Å². The Bertz CT molecular complexity index is 1010. The molecule has 0 aliphatic heterocycles. The molecular formula is C38H64O2. The molecule has 2 heteroatoms. The molecule has 1 aliphatic carbocycles. The van der Waals surface area contributed by atoms with Gasteiger partial charge in [0.05, 0.1) is 0 Å². The predicted octanol–water partition coefficient (Wildman–Crippen LogP) is 12.3. The highest BCUT2D eigenvalue weighted by molar-refractivity contribution is 5.69. The summed E-state index contributed by atoms with van der Waals surface area (Å²) < 4.78 is 45.9. The van der Waals surface area contributed by atoms with Crippen molar-refractivity contribution in [3.8, 4) is 0 Å². The van der Waals surface area contributed by atoms with E-state index in [1.165, 1.54) is 83.5 Å². The van der Waals surface area contributed by atoms with Gasteiger partial charge in [-0.1, -0.05) is 158 Å². The third-order valence-corrected chi connectivity index (χ3v) is 7.92. The van der Waals surface area contributed by atoms with Crippen molar-refractivity contribution in [2.45, 2.75) is 163 Å². The smallest absolute Gasteiger partial charge is 0.306 e. The molecule has 0 aromatic carbocycles. The lowest BCUT2D eigenvalue weighted by Crippen LogP contribution is -2.19.